The van der Waals surface area contributed by atoms with Crippen molar-refractivity contribution >= 4 is 56.0 Å². The van der Waals surface area contributed by atoms with Crippen molar-refractivity contribution in [2.45, 2.75) is 26.5 Å². The molecule has 0 saturated heterocycles. The Kier molecular flexibility index (Phi) is 7.33. The standard InChI is InChI=1S/C24H21ClN4O5S/c1-13-18-21(35-20(13)29-23(31)27-17-10-8-16(25)9-11-17)28-19(34-22(18)30)14(2)26-24(32)33-12-15-6-4-3-5-7-15/h3-11,14H,12H2,1-2H3,(H,26,32)(H2,27,29,31). The van der Waals surface area contributed by atoms with E-state index in [-0.39, 0.29) is 17.9 Å². The first-order chi connectivity index (χ1) is 16.8. The van der Waals surface area contributed by atoms with Gasteiger partial charge in [0.25, 0.3) is 0 Å². The largest absolute Gasteiger partial charge is 0.445 e. The van der Waals surface area contributed by atoms with Gasteiger partial charge in [-0.1, -0.05) is 53.3 Å². The Morgan fingerprint density at radius 3 is 2.54 bits per heavy atom. The molecule has 1 atom stereocenters. The molecule has 11 heteroatoms. The molecule has 0 spiro atoms. The van der Waals surface area contributed by atoms with E-state index >= 15 is 0 Å². The van der Waals surface area contributed by atoms with Gasteiger partial charge in [0.05, 0.1) is 0 Å². The highest BCUT2D eigenvalue weighted by Gasteiger charge is 2.21. The van der Waals surface area contributed by atoms with Crippen LogP contribution in [-0.2, 0) is 11.3 Å². The Hall–Kier alpha value is -3.89. The van der Waals surface area contributed by atoms with E-state index in [1.54, 1.807) is 38.1 Å². The van der Waals surface area contributed by atoms with Gasteiger partial charge in [-0.05, 0) is 43.7 Å². The van der Waals surface area contributed by atoms with Gasteiger partial charge in [0.2, 0.25) is 5.89 Å². The molecule has 0 fully saturated rings. The summed E-state index contributed by atoms with van der Waals surface area (Å²) in [7, 11) is 0. The molecule has 35 heavy (non-hydrogen) atoms. The zero-order valence-corrected chi connectivity index (χ0v) is 20.3. The zero-order chi connectivity index (χ0) is 24.9. The molecule has 9 nitrogen and oxygen atoms in total. The van der Waals surface area contributed by atoms with Crippen LogP contribution in [0.2, 0.25) is 5.02 Å². The van der Waals surface area contributed by atoms with Crippen LogP contribution in [0.5, 0.6) is 0 Å². The lowest BCUT2D eigenvalue weighted by Crippen LogP contribution is -2.28. The normalized spacial score (nSPS) is 11.6. The lowest BCUT2D eigenvalue weighted by Gasteiger charge is -2.12. The minimum Gasteiger partial charge on any atom is -0.445 e. The molecule has 0 radical (unpaired) electrons. The third-order valence-corrected chi connectivity index (χ3v) is 6.34. The molecule has 3 amide bonds. The summed E-state index contributed by atoms with van der Waals surface area (Å²) in [5.74, 6) is 0.0255. The van der Waals surface area contributed by atoms with E-state index in [1.807, 2.05) is 30.3 Å². The van der Waals surface area contributed by atoms with E-state index in [0.29, 0.717) is 26.1 Å². The smallest absolute Gasteiger partial charge is 0.408 e. The molecular formula is C24H21ClN4O5S. The van der Waals surface area contributed by atoms with Gasteiger partial charge in [0.15, 0.2) is 0 Å². The van der Waals surface area contributed by atoms with Crippen molar-refractivity contribution in [3.05, 3.63) is 87.1 Å². The van der Waals surface area contributed by atoms with Crippen molar-refractivity contribution in [2.24, 2.45) is 0 Å². The third-order valence-electron chi connectivity index (χ3n) is 4.99. The van der Waals surface area contributed by atoms with Crippen molar-refractivity contribution < 1.29 is 18.7 Å². The van der Waals surface area contributed by atoms with E-state index in [0.717, 1.165) is 16.9 Å². The summed E-state index contributed by atoms with van der Waals surface area (Å²) in [5.41, 5.74) is 1.32. The molecule has 0 aliphatic rings. The van der Waals surface area contributed by atoms with Gasteiger partial charge in [-0.25, -0.2) is 19.4 Å². The number of fused-ring (bicyclic) bond motifs is 1. The van der Waals surface area contributed by atoms with Gasteiger partial charge in [0.1, 0.15) is 27.9 Å². The van der Waals surface area contributed by atoms with Crippen molar-refractivity contribution in [1.29, 1.82) is 0 Å². The number of thiophene rings is 1. The Morgan fingerprint density at radius 1 is 1.11 bits per heavy atom. The van der Waals surface area contributed by atoms with Crippen LogP contribution in [0.1, 0.15) is 30.0 Å². The summed E-state index contributed by atoms with van der Waals surface area (Å²) in [6, 6.07) is 14.7. The fraction of sp³-hybridized carbons (Fsp3) is 0.167. The maximum absolute atomic E-state index is 12.7. The topological polar surface area (TPSA) is 123 Å². The number of halogens is 1. The fourth-order valence-corrected chi connectivity index (χ4v) is 4.39. The lowest BCUT2D eigenvalue weighted by atomic mass is 10.2. The van der Waals surface area contributed by atoms with Crippen LogP contribution in [0.15, 0.2) is 63.8 Å². The van der Waals surface area contributed by atoms with Gasteiger partial charge in [-0.3, -0.25) is 5.32 Å². The number of carbonyl (C=O) groups is 2. The molecule has 2 heterocycles. The van der Waals surface area contributed by atoms with Crippen LogP contribution in [0.4, 0.5) is 20.3 Å². The molecule has 0 saturated carbocycles. The summed E-state index contributed by atoms with van der Waals surface area (Å²) in [4.78, 5) is 42.0. The number of aryl methyl sites for hydroxylation is 1. The van der Waals surface area contributed by atoms with E-state index in [2.05, 4.69) is 20.9 Å². The SMILES string of the molecule is Cc1c(NC(=O)Nc2ccc(Cl)cc2)sc2nc(C(C)NC(=O)OCc3ccccc3)oc(=O)c12. The van der Waals surface area contributed by atoms with Crippen LogP contribution in [0.3, 0.4) is 0 Å². The van der Waals surface area contributed by atoms with Crippen LogP contribution in [0.25, 0.3) is 10.2 Å². The number of nitrogens with zero attached hydrogens (tertiary/aromatic N) is 1. The van der Waals surface area contributed by atoms with Gasteiger partial charge >= 0.3 is 17.7 Å². The molecule has 0 bridgehead atoms. The predicted molar refractivity (Wildman–Crippen MR) is 135 cm³/mol. The number of anilines is 2. The van der Waals surface area contributed by atoms with Crippen molar-refractivity contribution in [3.63, 3.8) is 0 Å². The molecule has 3 N–H and O–H groups in total. The first-order valence-corrected chi connectivity index (χ1v) is 11.7. The highest BCUT2D eigenvalue weighted by molar-refractivity contribution is 7.22. The third kappa shape index (κ3) is 5.97. The molecule has 4 rings (SSSR count). The number of rotatable bonds is 6. The molecule has 0 aliphatic carbocycles. The van der Waals surface area contributed by atoms with Crippen molar-refractivity contribution in [1.82, 2.24) is 10.3 Å². The zero-order valence-electron chi connectivity index (χ0n) is 18.8. The van der Waals surface area contributed by atoms with Crippen LogP contribution < -0.4 is 21.6 Å². The summed E-state index contributed by atoms with van der Waals surface area (Å²) in [5, 5.41) is 9.29. The molecule has 0 aliphatic heterocycles. The second kappa shape index (κ2) is 10.6. The average Bonchev–Trinajstić information content (AvgIpc) is 3.15. The van der Waals surface area contributed by atoms with E-state index < -0.39 is 23.8 Å². The maximum Gasteiger partial charge on any atom is 0.408 e. The van der Waals surface area contributed by atoms with Crippen molar-refractivity contribution in [2.75, 3.05) is 10.6 Å². The number of ether oxygens (including phenoxy) is 1. The second-order valence-corrected chi connectivity index (χ2v) is 9.03. The Balaban J connectivity index is 1.45. The van der Waals surface area contributed by atoms with Crippen LogP contribution in [-0.4, -0.2) is 17.1 Å². The van der Waals surface area contributed by atoms with Crippen LogP contribution in [0, 0.1) is 6.92 Å². The fourth-order valence-electron chi connectivity index (χ4n) is 3.19. The van der Waals surface area contributed by atoms with E-state index in [9.17, 15) is 14.4 Å². The predicted octanol–water partition coefficient (Wildman–Crippen LogP) is 5.84. The summed E-state index contributed by atoms with van der Waals surface area (Å²) >= 11 is 6.99. The van der Waals surface area contributed by atoms with Gasteiger partial charge in [-0.15, -0.1) is 0 Å². The number of benzene rings is 2. The summed E-state index contributed by atoms with van der Waals surface area (Å²) in [6.45, 7) is 3.42. The summed E-state index contributed by atoms with van der Waals surface area (Å²) < 4.78 is 10.6. The second-order valence-electron chi connectivity index (χ2n) is 7.59. The monoisotopic (exact) mass is 512 g/mol. The maximum atomic E-state index is 12.7. The van der Waals surface area contributed by atoms with Gasteiger partial charge in [-0.2, -0.15) is 0 Å². The van der Waals surface area contributed by atoms with E-state index in [1.165, 1.54) is 0 Å². The summed E-state index contributed by atoms with van der Waals surface area (Å²) in [6.07, 6.45) is -0.672. The van der Waals surface area contributed by atoms with Crippen LogP contribution >= 0.6 is 22.9 Å². The lowest BCUT2D eigenvalue weighted by molar-refractivity contribution is 0.134. The number of amides is 3. The quantitative estimate of drug-likeness (QED) is 0.298. The molecule has 180 valence electrons. The molecule has 1 unspecified atom stereocenters. The number of aromatic nitrogens is 1. The highest BCUT2D eigenvalue weighted by Crippen LogP contribution is 2.33. The molecule has 4 aromatic rings. The molecule has 2 aromatic carbocycles. The van der Waals surface area contributed by atoms with Crippen molar-refractivity contribution in [3.8, 4) is 0 Å². The minimum atomic E-state index is -0.720. The van der Waals surface area contributed by atoms with Gasteiger partial charge in [0, 0.05) is 16.3 Å². The number of hydrogen-bond donors (Lipinski definition) is 3. The number of urea groups is 1. The number of alkyl carbamates (subject to hydrolysis) is 1. The molecular weight excluding hydrogens is 492 g/mol. The number of nitrogens with one attached hydrogen (secondary N) is 3. The average molecular weight is 513 g/mol. The Bertz CT molecular complexity index is 1420. The highest BCUT2D eigenvalue weighted by atomic mass is 35.5. The number of carbonyl (C=O) groups excluding carboxylic acids is 2. The Morgan fingerprint density at radius 2 is 1.83 bits per heavy atom. The minimum absolute atomic E-state index is 0.0255. The molecule has 2 aromatic heterocycles. The van der Waals surface area contributed by atoms with E-state index in [4.69, 9.17) is 20.8 Å². The first kappa shape index (κ1) is 24.2. The number of hydrogen-bond acceptors (Lipinski definition) is 7. The first-order valence-electron chi connectivity index (χ1n) is 10.5. The Labute approximate surface area is 209 Å². The van der Waals surface area contributed by atoms with Gasteiger partial charge < -0.3 is 19.8 Å².